The van der Waals surface area contributed by atoms with Crippen molar-refractivity contribution in [1.29, 1.82) is 0 Å². The minimum Gasteiger partial charge on any atom is -0.490 e. The molecule has 2 saturated carbocycles. The molecule has 1 aromatic heterocycles. The average molecular weight is 733 g/mol. The number of carbonyl (C=O) groups excluding carboxylic acids is 3. The summed E-state index contributed by atoms with van der Waals surface area (Å²) in [5.41, 5.74) is 1.36. The van der Waals surface area contributed by atoms with Crippen LogP contribution >= 0.6 is 46.3 Å². The Balaban J connectivity index is 1.15. The van der Waals surface area contributed by atoms with Crippen molar-refractivity contribution in [3.8, 4) is 11.5 Å². The number of aromatic amines is 1. The van der Waals surface area contributed by atoms with E-state index in [2.05, 4.69) is 10.3 Å². The summed E-state index contributed by atoms with van der Waals surface area (Å²) in [6.45, 7) is 2.00. The number of thiazole rings is 1. The van der Waals surface area contributed by atoms with Crippen molar-refractivity contribution in [2.24, 2.45) is 29.6 Å². The molecule has 3 heterocycles. The minimum absolute atomic E-state index is 0.00579. The van der Waals surface area contributed by atoms with E-state index in [0.717, 1.165) is 33.2 Å². The molecule has 4 aliphatic rings. The lowest BCUT2D eigenvalue weighted by Gasteiger charge is -2.43. The first kappa shape index (κ1) is 33.0. The first-order valence-electron chi connectivity index (χ1n) is 15.7. The highest BCUT2D eigenvalue weighted by Crippen LogP contribution is 2.68. The van der Waals surface area contributed by atoms with Crippen LogP contribution in [0.3, 0.4) is 0 Å². The number of carboxylic acids is 1. The molecule has 2 aromatic carbocycles. The number of likely N-dealkylation sites (tertiary alicyclic amines) is 1. The third-order valence-electron chi connectivity index (χ3n) is 9.78. The Kier molecular flexibility index (Phi) is 8.99. The van der Waals surface area contributed by atoms with E-state index in [0.29, 0.717) is 33.8 Å². The Bertz CT molecular complexity index is 1880. The zero-order valence-corrected chi connectivity index (χ0v) is 28.7. The molecule has 3 fully saturated rings. The molecule has 1 saturated heterocycles. The van der Waals surface area contributed by atoms with Gasteiger partial charge >= 0.3 is 10.8 Å². The third kappa shape index (κ3) is 5.78. The number of amides is 3. The summed E-state index contributed by atoms with van der Waals surface area (Å²) in [6, 6.07) is 10.3. The van der Waals surface area contributed by atoms with Gasteiger partial charge in [-0.15, -0.1) is 11.8 Å². The van der Waals surface area contributed by atoms with Crippen molar-refractivity contribution in [2.45, 2.75) is 42.4 Å². The monoisotopic (exact) mass is 731 g/mol. The predicted octanol–water partition coefficient (Wildman–Crippen LogP) is 5.50. The van der Waals surface area contributed by atoms with Gasteiger partial charge in [0.1, 0.15) is 0 Å². The van der Waals surface area contributed by atoms with Crippen LogP contribution in [0.15, 0.2) is 46.2 Å². The summed E-state index contributed by atoms with van der Waals surface area (Å²) >= 11 is 14.8. The summed E-state index contributed by atoms with van der Waals surface area (Å²) in [7, 11) is 0. The number of imide groups is 1. The van der Waals surface area contributed by atoms with Gasteiger partial charge in [0, 0.05) is 34.7 Å². The molecule has 15 heteroatoms. The maximum absolute atomic E-state index is 13.7. The fourth-order valence-corrected chi connectivity index (χ4v) is 11.3. The zero-order valence-electron chi connectivity index (χ0n) is 25.6. The molecule has 3 N–H and O–H groups in total. The van der Waals surface area contributed by atoms with Crippen LogP contribution in [0.5, 0.6) is 11.5 Å². The van der Waals surface area contributed by atoms with Gasteiger partial charge in [-0.25, -0.2) is 0 Å². The lowest BCUT2D eigenvalue weighted by atomic mass is 9.68. The van der Waals surface area contributed by atoms with Crippen LogP contribution in [0, 0.1) is 29.6 Å². The standard InChI is InChI=1S/C33H31Cl2N3O8S2/c1-2-45-21-10-14(5-8-20(21)46-13-22(39)36-15-6-7-18(34)19(35)11-15)24-25-16-12-17(28(25)47-30-29(24)48-33(44)37-30)27-26(16)31(42)38(32(27)43)9-3-4-23(40)41/h5-8,10-11,16-17,24-28H,2-4,9,12-13H2,1H3,(H,36,39)(H,37,44)(H,40,41)/t16?,17?,24-,25?,26?,27?,28?/m1/s1. The number of nitrogens with one attached hydrogen (secondary N) is 2. The van der Waals surface area contributed by atoms with Crippen LogP contribution in [0.25, 0.3) is 0 Å². The number of hydrogen-bond acceptors (Lipinski definition) is 9. The van der Waals surface area contributed by atoms with E-state index in [-0.39, 0.29) is 71.6 Å². The van der Waals surface area contributed by atoms with Crippen LogP contribution in [-0.2, 0) is 19.2 Å². The van der Waals surface area contributed by atoms with E-state index < -0.39 is 23.7 Å². The number of carbonyl (C=O) groups is 4. The lowest BCUT2D eigenvalue weighted by molar-refractivity contribution is -0.142. The van der Waals surface area contributed by atoms with Gasteiger partial charge in [-0.1, -0.05) is 40.6 Å². The molecular weight excluding hydrogens is 701 g/mol. The molecule has 2 bridgehead atoms. The zero-order chi connectivity index (χ0) is 33.9. The number of H-pyrrole nitrogens is 1. The van der Waals surface area contributed by atoms with Crippen LogP contribution in [-0.4, -0.2) is 63.7 Å². The van der Waals surface area contributed by atoms with Crippen molar-refractivity contribution in [1.82, 2.24) is 9.88 Å². The molecule has 48 heavy (non-hydrogen) atoms. The maximum Gasteiger partial charge on any atom is 0.305 e. The summed E-state index contributed by atoms with van der Waals surface area (Å²) in [4.78, 5) is 68.7. The topological polar surface area (TPSA) is 155 Å². The third-order valence-corrected chi connectivity index (χ3v) is 13.1. The number of thioether (sulfide) groups is 1. The maximum atomic E-state index is 13.7. The molecule has 11 nitrogen and oxygen atoms in total. The second-order valence-corrected chi connectivity index (χ2v) is 15.4. The number of aliphatic carboxylic acids is 1. The molecule has 2 aliphatic carbocycles. The lowest BCUT2D eigenvalue weighted by Crippen LogP contribution is -2.42. The number of fused-ring (bicyclic) bond motifs is 9. The number of hydrogen-bond donors (Lipinski definition) is 3. The smallest absolute Gasteiger partial charge is 0.305 e. The Morgan fingerprint density at radius 2 is 1.79 bits per heavy atom. The average Bonchev–Trinajstić information content (AvgIpc) is 3.78. The van der Waals surface area contributed by atoms with E-state index in [4.69, 9.17) is 37.8 Å². The molecule has 6 unspecified atom stereocenters. The highest BCUT2D eigenvalue weighted by Gasteiger charge is 2.69. The van der Waals surface area contributed by atoms with Crippen LogP contribution in [0.4, 0.5) is 5.69 Å². The second-order valence-electron chi connectivity index (χ2n) is 12.4. The van der Waals surface area contributed by atoms with E-state index in [9.17, 15) is 24.0 Å². The molecule has 3 amide bonds. The van der Waals surface area contributed by atoms with Gasteiger partial charge in [-0.05, 0) is 73.4 Å². The Labute approximate surface area is 293 Å². The first-order chi connectivity index (χ1) is 23.0. The van der Waals surface area contributed by atoms with Gasteiger partial charge in [0.2, 0.25) is 11.8 Å². The normalized spacial score (nSPS) is 26.6. The van der Waals surface area contributed by atoms with Crippen LogP contribution in [0.2, 0.25) is 10.0 Å². The number of ether oxygens (including phenoxy) is 2. The predicted molar refractivity (Wildman–Crippen MR) is 180 cm³/mol. The van der Waals surface area contributed by atoms with Gasteiger partial charge < -0.3 is 24.9 Å². The van der Waals surface area contributed by atoms with E-state index in [1.807, 2.05) is 19.1 Å². The molecule has 2 aliphatic heterocycles. The van der Waals surface area contributed by atoms with Gasteiger partial charge in [-0.3, -0.25) is 28.9 Å². The molecule has 7 atom stereocenters. The molecule has 0 spiro atoms. The summed E-state index contributed by atoms with van der Waals surface area (Å²) in [5.74, 6) is -2.24. The molecule has 252 valence electrons. The summed E-state index contributed by atoms with van der Waals surface area (Å²) in [5, 5.41) is 13.3. The Morgan fingerprint density at radius 3 is 2.52 bits per heavy atom. The fourth-order valence-electron chi connectivity index (χ4n) is 8.08. The van der Waals surface area contributed by atoms with Gasteiger partial charge in [0.15, 0.2) is 18.1 Å². The Morgan fingerprint density at radius 1 is 1.02 bits per heavy atom. The van der Waals surface area contributed by atoms with Gasteiger partial charge in [0.05, 0.1) is 33.5 Å². The van der Waals surface area contributed by atoms with Crippen molar-refractivity contribution >= 4 is 75.7 Å². The quantitative estimate of drug-likeness (QED) is 0.217. The first-order valence-corrected chi connectivity index (χ1v) is 18.1. The van der Waals surface area contributed by atoms with E-state index >= 15 is 0 Å². The Hall–Kier alpha value is -3.52. The highest BCUT2D eigenvalue weighted by molar-refractivity contribution is 8.00. The van der Waals surface area contributed by atoms with E-state index in [1.165, 1.54) is 4.90 Å². The molecular formula is C33H31Cl2N3O8S2. The number of halogens is 2. The number of carboxylic acid groups (broad SMARTS) is 1. The largest absolute Gasteiger partial charge is 0.490 e. The number of nitrogens with zero attached hydrogens (tertiary/aromatic N) is 1. The second kappa shape index (κ2) is 13.1. The highest BCUT2D eigenvalue weighted by atomic mass is 35.5. The van der Waals surface area contributed by atoms with Crippen LogP contribution < -0.4 is 19.7 Å². The van der Waals surface area contributed by atoms with Gasteiger partial charge in [-0.2, -0.15) is 0 Å². The van der Waals surface area contributed by atoms with Crippen molar-refractivity contribution in [3.05, 3.63) is 66.6 Å². The van der Waals surface area contributed by atoms with Gasteiger partial charge in [0.25, 0.3) is 5.91 Å². The summed E-state index contributed by atoms with van der Waals surface area (Å²) < 4.78 is 11.9. The SMILES string of the molecule is CCOc1cc([C@H]2c3sc(=O)[nH]c3SC3C4CC(C5C(=O)N(CCCC(=O)O)C(=O)C45)C32)ccc1OCC(=O)Nc1ccc(Cl)c(Cl)c1. The number of rotatable bonds is 11. The van der Waals surface area contributed by atoms with E-state index in [1.54, 1.807) is 36.0 Å². The molecule has 0 radical (unpaired) electrons. The number of aromatic nitrogens is 1. The summed E-state index contributed by atoms with van der Waals surface area (Å²) in [6.07, 6.45) is 0.844. The number of benzene rings is 2. The molecule has 7 rings (SSSR count). The van der Waals surface area contributed by atoms with Crippen molar-refractivity contribution in [2.75, 3.05) is 25.1 Å². The number of anilines is 1. The molecule has 3 aromatic rings. The minimum atomic E-state index is -0.964. The fraction of sp³-hybridized carbons (Fsp3) is 0.424. The van der Waals surface area contributed by atoms with Crippen LogP contribution in [0.1, 0.15) is 42.5 Å². The van der Waals surface area contributed by atoms with Crippen molar-refractivity contribution in [3.63, 3.8) is 0 Å². The van der Waals surface area contributed by atoms with Crippen molar-refractivity contribution < 1.29 is 33.8 Å².